The van der Waals surface area contributed by atoms with E-state index in [1.54, 1.807) is 0 Å². The molecule has 9 aromatic rings. The highest BCUT2D eigenvalue weighted by Gasteiger charge is 2.18. The van der Waals surface area contributed by atoms with E-state index in [1.165, 1.54) is 22.3 Å². The third-order valence-electron chi connectivity index (χ3n) is 8.73. The first kappa shape index (κ1) is 27.0. The minimum atomic E-state index is 0.610. The van der Waals surface area contributed by atoms with Crippen LogP contribution in [0.5, 0.6) is 0 Å². The van der Waals surface area contributed by atoms with Crippen molar-refractivity contribution in [2.45, 2.75) is 0 Å². The van der Waals surface area contributed by atoms with Gasteiger partial charge in [0.25, 0.3) is 0 Å². The molecule has 0 aliphatic rings. The van der Waals surface area contributed by atoms with Gasteiger partial charge in [-0.2, -0.15) is 0 Å². The van der Waals surface area contributed by atoms with Gasteiger partial charge < -0.3 is 4.42 Å². The summed E-state index contributed by atoms with van der Waals surface area (Å²) < 4.78 is 6.20. The summed E-state index contributed by atoms with van der Waals surface area (Å²) in [5.41, 5.74) is 9.24. The van der Waals surface area contributed by atoms with E-state index in [0.717, 1.165) is 49.4 Å². The number of fused-ring (bicyclic) bond motifs is 4. The number of furan rings is 1. The van der Waals surface area contributed by atoms with Crippen molar-refractivity contribution in [2.24, 2.45) is 0 Å². The molecule has 220 valence electrons. The van der Waals surface area contributed by atoms with E-state index >= 15 is 0 Å². The molecule has 4 heteroatoms. The molecule has 0 aliphatic heterocycles. The molecule has 7 aromatic carbocycles. The molecule has 4 nitrogen and oxygen atoms in total. The van der Waals surface area contributed by atoms with Crippen LogP contribution in [0.4, 0.5) is 0 Å². The number of hydrogen-bond donors (Lipinski definition) is 0. The lowest BCUT2D eigenvalue weighted by Crippen LogP contribution is -2.00. The predicted molar refractivity (Wildman–Crippen MR) is 192 cm³/mol. The molecule has 0 fully saturated rings. The maximum atomic E-state index is 6.20. The number of para-hydroxylation sites is 1. The minimum Gasteiger partial charge on any atom is -0.456 e. The van der Waals surface area contributed by atoms with Crippen molar-refractivity contribution < 1.29 is 4.42 Å². The van der Waals surface area contributed by atoms with E-state index in [0.29, 0.717) is 17.5 Å². The molecule has 47 heavy (non-hydrogen) atoms. The Morgan fingerprint density at radius 2 is 0.872 bits per heavy atom. The Hall–Kier alpha value is -6.39. The zero-order chi connectivity index (χ0) is 31.2. The van der Waals surface area contributed by atoms with Gasteiger partial charge in [0.15, 0.2) is 17.5 Å². The monoisotopic (exact) mass is 601 g/mol. The second-order valence-corrected chi connectivity index (χ2v) is 11.6. The van der Waals surface area contributed by atoms with Crippen LogP contribution in [0.2, 0.25) is 0 Å². The summed E-state index contributed by atoms with van der Waals surface area (Å²) in [5, 5.41) is 4.31. The Kier molecular flexibility index (Phi) is 6.43. The van der Waals surface area contributed by atoms with Gasteiger partial charge in [-0.05, 0) is 57.3 Å². The van der Waals surface area contributed by atoms with Gasteiger partial charge in [-0.15, -0.1) is 0 Å². The molecule has 2 heterocycles. The lowest BCUT2D eigenvalue weighted by atomic mass is 9.93. The Morgan fingerprint density at radius 1 is 0.340 bits per heavy atom. The van der Waals surface area contributed by atoms with Crippen molar-refractivity contribution in [2.75, 3.05) is 0 Å². The second kappa shape index (κ2) is 11.2. The second-order valence-electron chi connectivity index (χ2n) is 11.6. The van der Waals surface area contributed by atoms with Crippen molar-refractivity contribution >= 4 is 32.7 Å². The largest absolute Gasteiger partial charge is 0.456 e. The van der Waals surface area contributed by atoms with Gasteiger partial charge in [0, 0.05) is 27.5 Å². The van der Waals surface area contributed by atoms with Gasteiger partial charge in [-0.25, -0.2) is 15.0 Å². The van der Waals surface area contributed by atoms with Crippen LogP contribution in [0.15, 0.2) is 168 Å². The fraction of sp³-hybridized carbons (Fsp3) is 0. The summed E-state index contributed by atoms with van der Waals surface area (Å²) >= 11 is 0. The van der Waals surface area contributed by atoms with E-state index in [-0.39, 0.29) is 0 Å². The highest BCUT2D eigenvalue weighted by Crippen LogP contribution is 2.37. The first-order valence-corrected chi connectivity index (χ1v) is 15.7. The molecule has 2 aromatic heterocycles. The summed E-state index contributed by atoms with van der Waals surface area (Å²) in [6.07, 6.45) is 0. The molecule has 0 saturated carbocycles. The third kappa shape index (κ3) is 4.84. The van der Waals surface area contributed by atoms with Gasteiger partial charge in [-0.1, -0.05) is 140 Å². The van der Waals surface area contributed by atoms with Crippen LogP contribution in [0.1, 0.15) is 0 Å². The summed E-state index contributed by atoms with van der Waals surface area (Å²) in [4.78, 5) is 15.1. The maximum absolute atomic E-state index is 6.20. The van der Waals surface area contributed by atoms with Gasteiger partial charge in [-0.3, -0.25) is 0 Å². The first-order chi connectivity index (χ1) is 23.3. The molecule has 0 atom stereocenters. The highest BCUT2D eigenvalue weighted by atomic mass is 16.3. The van der Waals surface area contributed by atoms with Crippen LogP contribution in [-0.4, -0.2) is 15.0 Å². The van der Waals surface area contributed by atoms with Gasteiger partial charge >= 0.3 is 0 Å². The Bertz CT molecular complexity index is 2570. The van der Waals surface area contributed by atoms with Crippen LogP contribution in [-0.2, 0) is 0 Å². The average molecular weight is 602 g/mol. The standard InChI is InChI=1S/C43H27N3O/c1-3-12-28(13-4-1)34-16-7-8-17-35(34)32-24-22-31-27-33(25-23-30(31)26-32)42-44-41(29-14-5-2-6-15-29)45-43(46-42)37-19-11-21-39-40(37)36-18-9-10-20-38(36)47-39/h1-27H. The summed E-state index contributed by atoms with van der Waals surface area (Å²) in [7, 11) is 0. The van der Waals surface area contributed by atoms with Gasteiger partial charge in [0.1, 0.15) is 11.2 Å². The zero-order valence-electron chi connectivity index (χ0n) is 25.3. The summed E-state index contributed by atoms with van der Waals surface area (Å²) in [6.45, 7) is 0. The van der Waals surface area contributed by atoms with E-state index in [9.17, 15) is 0 Å². The quantitative estimate of drug-likeness (QED) is 0.197. The lowest BCUT2D eigenvalue weighted by Gasteiger charge is -2.12. The van der Waals surface area contributed by atoms with Crippen LogP contribution in [0.3, 0.4) is 0 Å². The fourth-order valence-electron chi connectivity index (χ4n) is 6.46. The lowest BCUT2D eigenvalue weighted by molar-refractivity contribution is 0.669. The van der Waals surface area contributed by atoms with Crippen molar-refractivity contribution in [3.05, 3.63) is 164 Å². The van der Waals surface area contributed by atoms with E-state index in [4.69, 9.17) is 19.4 Å². The van der Waals surface area contributed by atoms with E-state index < -0.39 is 0 Å². The van der Waals surface area contributed by atoms with Crippen molar-refractivity contribution in [1.82, 2.24) is 15.0 Å². The van der Waals surface area contributed by atoms with Gasteiger partial charge in [0.05, 0.1) is 0 Å². The number of nitrogens with zero attached hydrogens (tertiary/aromatic N) is 3. The number of rotatable bonds is 5. The van der Waals surface area contributed by atoms with Crippen LogP contribution in [0.25, 0.3) is 89.1 Å². The Labute approximate surface area is 271 Å². The molecule has 0 spiro atoms. The third-order valence-corrected chi connectivity index (χ3v) is 8.73. The number of benzene rings is 7. The topological polar surface area (TPSA) is 51.8 Å². The zero-order valence-corrected chi connectivity index (χ0v) is 25.3. The molecule has 0 aliphatic carbocycles. The van der Waals surface area contributed by atoms with Crippen molar-refractivity contribution in [1.29, 1.82) is 0 Å². The molecule has 0 saturated heterocycles. The fourth-order valence-corrected chi connectivity index (χ4v) is 6.46. The van der Waals surface area contributed by atoms with Crippen LogP contribution < -0.4 is 0 Å². The average Bonchev–Trinajstić information content (AvgIpc) is 3.54. The molecule has 0 amide bonds. The molecule has 0 radical (unpaired) electrons. The van der Waals surface area contributed by atoms with Crippen molar-refractivity contribution in [3.63, 3.8) is 0 Å². The van der Waals surface area contributed by atoms with Crippen LogP contribution >= 0.6 is 0 Å². The number of hydrogen-bond acceptors (Lipinski definition) is 4. The maximum Gasteiger partial charge on any atom is 0.164 e. The molecule has 0 N–H and O–H groups in total. The molecule has 9 rings (SSSR count). The Morgan fingerprint density at radius 3 is 1.64 bits per heavy atom. The molecular weight excluding hydrogens is 574 g/mol. The summed E-state index contributed by atoms with van der Waals surface area (Å²) in [6, 6.07) is 56.5. The highest BCUT2D eigenvalue weighted by molar-refractivity contribution is 6.11. The molecule has 0 unspecified atom stereocenters. The normalized spacial score (nSPS) is 11.4. The van der Waals surface area contributed by atoms with Crippen LogP contribution in [0, 0.1) is 0 Å². The molecular formula is C43H27N3O. The summed E-state index contributed by atoms with van der Waals surface area (Å²) in [5.74, 6) is 1.86. The van der Waals surface area contributed by atoms with Crippen molar-refractivity contribution in [3.8, 4) is 56.4 Å². The molecule has 0 bridgehead atoms. The SMILES string of the molecule is c1ccc(-c2nc(-c3ccc4cc(-c5ccccc5-c5ccccc5)ccc4c3)nc(-c3cccc4oc5ccccc5c34)n2)cc1. The van der Waals surface area contributed by atoms with E-state index in [1.807, 2.05) is 60.7 Å². The van der Waals surface area contributed by atoms with E-state index in [2.05, 4.69) is 103 Å². The smallest absolute Gasteiger partial charge is 0.164 e. The first-order valence-electron chi connectivity index (χ1n) is 15.7. The number of aromatic nitrogens is 3. The Balaban J connectivity index is 1.18. The predicted octanol–water partition coefficient (Wildman–Crippen LogP) is 11.3. The van der Waals surface area contributed by atoms with Gasteiger partial charge in [0.2, 0.25) is 0 Å². The minimum absolute atomic E-state index is 0.610.